The van der Waals surface area contributed by atoms with Crippen molar-refractivity contribution in [2.75, 3.05) is 18.6 Å². The van der Waals surface area contributed by atoms with E-state index < -0.39 is 11.6 Å². The number of ether oxygens (including phenoxy) is 1. The number of nitrogens with zero attached hydrogens (tertiary/aromatic N) is 2. The van der Waals surface area contributed by atoms with E-state index in [2.05, 4.69) is 5.32 Å². The maximum atomic E-state index is 14.1. The molecule has 1 heterocycles. The van der Waals surface area contributed by atoms with Crippen LogP contribution in [-0.2, 0) is 22.6 Å². The van der Waals surface area contributed by atoms with E-state index in [1.165, 1.54) is 0 Å². The van der Waals surface area contributed by atoms with Crippen LogP contribution in [0, 0.1) is 0 Å². The second-order valence-electron chi connectivity index (χ2n) is 12.1. The van der Waals surface area contributed by atoms with Gasteiger partial charge in [0.05, 0.1) is 12.8 Å². The Morgan fingerprint density at radius 1 is 0.907 bits per heavy atom. The predicted octanol–water partition coefficient (Wildman–Crippen LogP) is 6.14. The minimum absolute atomic E-state index is 0.0426. The van der Waals surface area contributed by atoms with Crippen molar-refractivity contribution in [1.29, 1.82) is 0 Å². The zero-order chi connectivity index (χ0) is 30.6. The van der Waals surface area contributed by atoms with Gasteiger partial charge in [-0.25, -0.2) is 0 Å². The van der Waals surface area contributed by atoms with Gasteiger partial charge in [0.25, 0.3) is 5.91 Å². The van der Waals surface area contributed by atoms with Crippen LogP contribution in [0.3, 0.4) is 0 Å². The lowest BCUT2D eigenvalue weighted by Crippen LogP contribution is -2.54. The highest BCUT2D eigenvalue weighted by atomic mass is 16.5. The molecule has 1 N–H and O–H groups in total. The molecule has 0 radical (unpaired) electrons. The molecule has 0 unspecified atom stereocenters. The van der Waals surface area contributed by atoms with Crippen molar-refractivity contribution in [3.8, 4) is 5.75 Å². The van der Waals surface area contributed by atoms with Crippen LogP contribution in [0.25, 0.3) is 10.8 Å². The fourth-order valence-electron chi connectivity index (χ4n) is 5.71. The van der Waals surface area contributed by atoms with Gasteiger partial charge in [-0.3, -0.25) is 14.4 Å². The molecular formula is C36H39N3O4. The zero-order valence-electron chi connectivity index (χ0n) is 25.3. The largest absolute Gasteiger partial charge is 0.497 e. The fourth-order valence-corrected chi connectivity index (χ4v) is 5.71. The summed E-state index contributed by atoms with van der Waals surface area (Å²) in [5.41, 5.74) is 2.94. The van der Waals surface area contributed by atoms with Crippen molar-refractivity contribution in [3.05, 3.63) is 108 Å². The molecule has 0 spiro atoms. The lowest BCUT2D eigenvalue weighted by atomic mass is 10.00. The van der Waals surface area contributed by atoms with Crippen LogP contribution in [-0.4, -0.2) is 47.9 Å². The molecule has 7 heteroatoms. The van der Waals surface area contributed by atoms with E-state index in [4.69, 9.17) is 4.74 Å². The van der Waals surface area contributed by atoms with Crippen molar-refractivity contribution < 1.29 is 19.1 Å². The van der Waals surface area contributed by atoms with Crippen molar-refractivity contribution in [2.24, 2.45) is 0 Å². The summed E-state index contributed by atoms with van der Waals surface area (Å²) in [6, 6.07) is 28.3. The summed E-state index contributed by atoms with van der Waals surface area (Å²) in [6.07, 6.45) is 1.02. The van der Waals surface area contributed by atoms with Gasteiger partial charge in [0.1, 0.15) is 11.8 Å². The summed E-state index contributed by atoms with van der Waals surface area (Å²) >= 11 is 0. The normalized spacial score (nSPS) is 13.2. The molecule has 43 heavy (non-hydrogen) atoms. The molecule has 7 nitrogen and oxygen atoms in total. The number of methoxy groups -OCH3 is 1. The first kappa shape index (κ1) is 29.8. The van der Waals surface area contributed by atoms with Gasteiger partial charge >= 0.3 is 0 Å². The Morgan fingerprint density at radius 2 is 1.60 bits per heavy atom. The monoisotopic (exact) mass is 577 g/mol. The molecule has 1 aliphatic heterocycles. The third-order valence-corrected chi connectivity index (χ3v) is 7.68. The van der Waals surface area contributed by atoms with Gasteiger partial charge in [-0.15, -0.1) is 0 Å². The minimum Gasteiger partial charge on any atom is -0.497 e. The smallest absolute Gasteiger partial charge is 0.258 e. The van der Waals surface area contributed by atoms with E-state index in [0.29, 0.717) is 30.7 Å². The molecule has 1 aliphatic rings. The summed E-state index contributed by atoms with van der Waals surface area (Å²) in [5.74, 6) is 0.295. The van der Waals surface area contributed by atoms with Crippen molar-refractivity contribution >= 4 is 34.2 Å². The molecule has 0 aromatic heterocycles. The minimum atomic E-state index is -0.730. The van der Waals surface area contributed by atoms with Gasteiger partial charge in [0.15, 0.2) is 0 Å². The third kappa shape index (κ3) is 6.88. The van der Waals surface area contributed by atoms with E-state index >= 15 is 0 Å². The van der Waals surface area contributed by atoms with Gasteiger partial charge in [0.2, 0.25) is 11.8 Å². The number of hydrogen-bond donors (Lipinski definition) is 1. The molecule has 1 atom stereocenters. The van der Waals surface area contributed by atoms with Gasteiger partial charge in [-0.1, -0.05) is 66.7 Å². The summed E-state index contributed by atoms with van der Waals surface area (Å²) in [4.78, 5) is 44.6. The van der Waals surface area contributed by atoms with Crippen LogP contribution in [0.5, 0.6) is 5.75 Å². The van der Waals surface area contributed by atoms with E-state index in [1.807, 2.05) is 112 Å². The van der Waals surface area contributed by atoms with Crippen molar-refractivity contribution in [1.82, 2.24) is 10.2 Å². The molecule has 0 saturated carbocycles. The number of rotatable bonds is 11. The Balaban J connectivity index is 1.40. The zero-order valence-corrected chi connectivity index (χ0v) is 25.3. The number of carbonyl (C=O) groups is 3. The SMILES string of the molecule is COc1cccc(CN(C(=O)CCCN2C(=O)c3cccc4cccc2c34)[C@H](Cc2ccccc2)C(=O)NC(C)(C)C)c1. The predicted molar refractivity (Wildman–Crippen MR) is 170 cm³/mol. The van der Waals surface area contributed by atoms with E-state index in [1.54, 1.807) is 16.9 Å². The lowest BCUT2D eigenvalue weighted by molar-refractivity contribution is -0.142. The Morgan fingerprint density at radius 3 is 2.33 bits per heavy atom. The van der Waals surface area contributed by atoms with Crippen LogP contribution in [0.15, 0.2) is 91.0 Å². The molecular weight excluding hydrogens is 538 g/mol. The highest BCUT2D eigenvalue weighted by molar-refractivity contribution is 6.25. The third-order valence-electron chi connectivity index (χ3n) is 7.68. The van der Waals surface area contributed by atoms with Crippen LogP contribution in [0.2, 0.25) is 0 Å². The van der Waals surface area contributed by atoms with Crippen LogP contribution in [0.1, 0.15) is 55.1 Å². The van der Waals surface area contributed by atoms with Crippen molar-refractivity contribution in [3.63, 3.8) is 0 Å². The standard InChI is InChI=1S/C36H39N3O4/c1-36(2,3)37-34(41)31(23-25-12-6-5-7-13-25)39(24-26-14-8-17-28(22-26)43-4)32(40)20-11-21-38-30-19-10-16-27-15-9-18-29(33(27)30)35(38)42/h5-10,12-19,22,31H,11,20-21,23-24H2,1-4H3,(H,37,41)/t31-/m1/s1. The molecule has 0 saturated heterocycles. The Bertz CT molecular complexity index is 1620. The molecule has 4 aromatic rings. The van der Waals surface area contributed by atoms with Crippen LogP contribution < -0.4 is 15.0 Å². The van der Waals surface area contributed by atoms with Crippen molar-refractivity contribution in [2.45, 2.75) is 58.2 Å². The van der Waals surface area contributed by atoms with E-state index in [9.17, 15) is 14.4 Å². The lowest BCUT2D eigenvalue weighted by Gasteiger charge is -2.34. The first-order chi connectivity index (χ1) is 20.6. The van der Waals surface area contributed by atoms with Crippen LogP contribution in [0.4, 0.5) is 5.69 Å². The molecule has 3 amide bonds. The van der Waals surface area contributed by atoms with E-state index in [-0.39, 0.29) is 30.7 Å². The second kappa shape index (κ2) is 12.7. The van der Waals surface area contributed by atoms with Gasteiger partial charge in [-0.2, -0.15) is 0 Å². The molecule has 0 fully saturated rings. The van der Waals surface area contributed by atoms with Gasteiger partial charge in [-0.05, 0) is 68.0 Å². The van der Waals surface area contributed by atoms with E-state index in [0.717, 1.165) is 27.6 Å². The summed E-state index contributed by atoms with van der Waals surface area (Å²) < 4.78 is 5.43. The molecule has 0 bridgehead atoms. The first-order valence-electron chi connectivity index (χ1n) is 14.8. The quantitative estimate of drug-likeness (QED) is 0.232. The molecule has 5 rings (SSSR count). The molecule has 222 valence electrons. The number of nitrogens with one attached hydrogen (secondary N) is 1. The second-order valence-corrected chi connectivity index (χ2v) is 12.1. The summed E-state index contributed by atoms with van der Waals surface area (Å²) in [5, 5.41) is 5.09. The Hall–Kier alpha value is -4.65. The Kier molecular flexibility index (Phi) is 8.81. The number of hydrogen-bond acceptors (Lipinski definition) is 4. The molecule has 0 aliphatic carbocycles. The van der Waals surface area contributed by atoms with Gasteiger partial charge < -0.3 is 19.9 Å². The number of benzene rings is 4. The average Bonchev–Trinajstić information content (AvgIpc) is 3.26. The highest BCUT2D eigenvalue weighted by Crippen LogP contribution is 2.37. The fraction of sp³-hybridized carbons (Fsp3) is 0.306. The first-order valence-corrected chi connectivity index (χ1v) is 14.8. The maximum absolute atomic E-state index is 14.1. The highest BCUT2D eigenvalue weighted by Gasteiger charge is 2.33. The Labute approximate surface area is 253 Å². The van der Waals surface area contributed by atoms with Crippen LogP contribution >= 0.6 is 0 Å². The number of anilines is 1. The topological polar surface area (TPSA) is 79.0 Å². The average molecular weight is 578 g/mol. The molecule has 4 aromatic carbocycles. The van der Waals surface area contributed by atoms with Gasteiger partial charge in [0, 0.05) is 42.4 Å². The maximum Gasteiger partial charge on any atom is 0.258 e. The summed E-state index contributed by atoms with van der Waals surface area (Å²) in [6.45, 7) is 6.46. The number of carbonyl (C=O) groups excluding carboxylic acids is 3. The summed E-state index contributed by atoms with van der Waals surface area (Å²) in [7, 11) is 1.61. The number of amides is 3.